The van der Waals surface area contributed by atoms with Gasteiger partial charge in [0.05, 0.1) is 0 Å². The molecule has 0 amide bonds. The van der Waals surface area contributed by atoms with Crippen LogP contribution in [-0.4, -0.2) is 37.2 Å². The molecule has 0 rings (SSSR count). The van der Waals surface area contributed by atoms with Crippen LogP contribution in [0.15, 0.2) is 72.9 Å². The Morgan fingerprint density at radius 3 is 0.778 bits per heavy atom. The highest BCUT2D eigenvalue weighted by Crippen LogP contribution is 2.18. The summed E-state index contributed by atoms with van der Waals surface area (Å²) in [6, 6.07) is 0. The summed E-state index contributed by atoms with van der Waals surface area (Å²) in [5.41, 5.74) is 0. The van der Waals surface area contributed by atoms with Gasteiger partial charge in [0.15, 0.2) is 6.10 Å². The third kappa shape index (κ3) is 67.5. The summed E-state index contributed by atoms with van der Waals surface area (Å²) < 4.78 is 17.0. The molecule has 0 aliphatic heterocycles. The number of hydrogen-bond acceptors (Lipinski definition) is 6. The van der Waals surface area contributed by atoms with Gasteiger partial charge in [0, 0.05) is 19.3 Å². The maximum atomic E-state index is 12.9. The van der Waals surface area contributed by atoms with Gasteiger partial charge in [-0.1, -0.05) is 331 Å². The minimum Gasteiger partial charge on any atom is -0.462 e. The molecule has 470 valence electrons. The quantitative estimate of drug-likeness (QED) is 0.0261. The summed E-state index contributed by atoms with van der Waals surface area (Å²) in [6.45, 7) is 6.55. The zero-order valence-electron chi connectivity index (χ0n) is 54.1. The van der Waals surface area contributed by atoms with Gasteiger partial charge in [-0.15, -0.1) is 0 Å². The normalized spacial score (nSPS) is 12.5. The van der Waals surface area contributed by atoms with Crippen molar-refractivity contribution in [2.75, 3.05) is 13.2 Å². The number of unbranched alkanes of at least 4 members (excludes halogenated alkanes) is 42. The summed E-state index contributed by atoms with van der Waals surface area (Å²) in [5.74, 6) is -0.857. The van der Waals surface area contributed by atoms with Crippen LogP contribution in [-0.2, 0) is 28.6 Å². The topological polar surface area (TPSA) is 78.9 Å². The molecule has 0 saturated carbocycles. The Morgan fingerprint density at radius 1 is 0.259 bits per heavy atom. The number of allylic oxidation sites excluding steroid dienone is 12. The molecule has 81 heavy (non-hydrogen) atoms. The number of hydrogen-bond donors (Lipinski definition) is 0. The van der Waals surface area contributed by atoms with E-state index in [9.17, 15) is 14.4 Å². The Morgan fingerprint density at radius 2 is 0.481 bits per heavy atom. The fourth-order valence-corrected chi connectivity index (χ4v) is 10.4. The van der Waals surface area contributed by atoms with Gasteiger partial charge in [0.25, 0.3) is 0 Å². The molecule has 6 nitrogen and oxygen atoms in total. The van der Waals surface area contributed by atoms with Gasteiger partial charge in [-0.3, -0.25) is 14.4 Å². The summed E-state index contributed by atoms with van der Waals surface area (Å²) in [4.78, 5) is 38.4. The van der Waals surface area contributed by atoms with E-state index in [-0.39, 0.29) is 31.1 Å². The highest BCUT2D eigenvalue weighted by molar-refractivity contribution is 5.71. The number of rotatable bonds is 65. The van der Waals surface area contributed by atoms with Gasteiger partial charge >= 0.3 is 17.9 Å². The first-order valence-electron chi connectivity index (χ1n) is 35.4. The van der Waals surface area contributed by atoms with Crippen molar-refractivity contribution in [2.45, 2.75) is 374 Å². The molecule has 0 bridgehead atoms. The van der Waals surface area contributed by atoms with Crippen molar-refractivity contribution < 1.29 is 28.6 Å². The molecule has 0 saturated heterocycles. The highest BCUT2D eigenvalue weighted by atomic mass is 16.6. The Hall–Kier alpha value is -3.15. The Bertz CT molecular complexity index is 1490. The van der Waals surface area contributed by atoms with Crippen molar-refractivity contribution in [3.8, 4) is 0 Å². The fourth-order valence-electron chi connectivity index (χ4n) is 10.4. The number of carbonyl (C=O) groups is 3. The predicted molar refractivity (Wildman–Crippen MR) is 353 cm³/mol. The van der Waals surface area contributed by atoms with Crippen LogP contribution < -0.4 is 0 Å². The van der Waals surface area contributed by atoms with E-state index >= 15 is 0 Å². The van der Waals surface area contributed by atoms with Gasteiger partial charge in [0.1, 0.15) is 13.2 Å². The molecule has 1 unspecified atom stereocenters. The molecular weight excluding hydrogens is 997 g/mol. The second-order valence-electron chi connectivity index (χ2n) is 23.8. The van der Waals surface area contributed by atoms with Gasteiger partial charge in [-0.2, -0.15) is 0 Å². The average molecular weight is 1130 g/mol. The first-order chi connectivity index (χ1) is 40.0. The van der Waals surface area contributed by atoms with Crippen molar-refractivity contribution in [3.05, 3.63) is 72.9 Å². The number of carbonyl (C=O) groups excluding carboxylic acids is 3. The Balaban J connectivity index is 4.14. The van der Waals surface area contributed by atoms with E-state index in [2.05, 4.69) is 93.7 Å². The highest BCUT2D eigenvalue weighted by Gasteiger charge is 2.19. The second kappa shape index (κ2) is 69.3. The minimum atomic E-state index is -0.776. The molecule has 6 heteroatoms. The molecule has 0 aromatic carbocycles. The summed E-state index contributed by atoms with van der Waals surface area (Å²) in [6.07, 6.45) is 90.8. The molecule has 0 N–H and O–H groups in total. The van der Waals surface area contributed by atoms with E-state index in [0.29, 0.717) is 19.3 Å². The van der Waals surface area contributed by atoms with Crippen LogP contribution in [0.25, 0.3) is 0 Å². The standard InChI is InChI=1S/C75H134O6/c1-4-7-10-13-16-19-22-25-27-29-30-31-32-33-34-35-36-37-38-39-40-41-42-43-44-46-47-50-53-56-59-62-65-68-74(77)80-71-72(70-79-73(76)67-64-61-58-55-52-49-24-21-18-15-12-9-6-3)81-75(78)69-66-63-60-57-54-51-48-45-28-26-23-20-17-14-11-8-5-2/h7,10,16-17,19-20,25-28,30-31,72H,4-6,8-9,11-15,18,21-24,29,32-71H2,1-3H3/b10-7-,19-16-,20-17-,27-25-,28-26-,31-30-. The van der Waals surface area contributed by atoms with E-state index in [0.717, 1.165) is 96.3 Å². The van der Waals surface area contributed by atoms with Crippen LogP contribution in [0.3, 0.4) is 0 Å². The van der Waals surface area contributed by atoms with E-state index in [1.165, 1.54) is 231 Å². The van der Waals surface area contributed by atoms with Crippen molar-refractivity contribution >= 4 is 17.9 Å². The molecule has 1 atom stereocenters. The van der Waals surface area contributed by atoms with E-state index in [1.54, 1.807) is 0 Å². The summed E-state index contributed by atoms with van der Waals surface area (Å²) in [7, 11) is 0. The van der Waals surface area contributed by atoms with Gasteiger partial charge < -0.3 is 14.2 Å². The van der Waals surface area contributed by atoms with Crippen LogP contribution in [0, 0.1) is 0 Å². The maximum absolute atomic E-state index is 12.9. The first-order valence-corrected chi connectivity index (χ1v) is 35.4. The Kier molecular flexibility index (Phi) is 66.6. The van der Waals surface area contributed by atoms with Crippen LogP contribution in [0.5, 0.6) is 0 Å². The van der Waals surface area contributed by atoms with Crippen molar-refractivity contribution in [1.82, 2.24) is 0 Å². The molecule has 0 spiro atoms. The largest absolute Gasteiger partial charge is 0.462 e. The lowest BCUT2D eigenvalue weighted by Gasteiger charge is -2.18. The number of ether oxygens (including phenoxy) is 3. The molecule has 0 heterocycles. The maximum Gasteiger partial charge on any atom is 0.306 e. The van der Waals surface area contributed by atoms with Crippen molar-refractivity contribution in [2.24, 2.45) is 0 Å². The van der Waals surface area contributed by atoms with Gasteiger partial charge in [-0.25, -0.2) is 0 Å². The third-order valence-electron chi connectivity index (χ3n) is 15.7. The van der Waals surface area contributed by atoms with Crippen LogP contribution in [0.2, 0.25) is 0 Å². The van der Waals surface area contributed by atoms with Crippen molar-refractivity contribution in [1.29, 1.82) is 0 Å². The lowest BCUT2D eigenvalue weighted by atomic mass is 10.0. The Labute approximate surface area is 503 Å². The molecular formula is C75H134O6. The smallest absolute Gasteiger partial charge is 0.306 e. The SMILES string of the molecule is CC/C=C\C/C=C\C/C=C\C/C=C\CCCCCCCCCCCCCCCCCCCCCCC(=O)OCC(COC(=O)CCCCCCCCCCCCCCC)OC(=O)CCCCCCCCC/C=C\C/C=C\CCCCC. The predicted octanol–water partition coefficient (Wildman–Crippen LogP) is 24.4. The van der Waals surface area contributed by atoms with Crippen LogP contribution in [0.1, 0.15) is 367 Å². The molecule has 0 aromatic rings. The second-order valence-corrected chi connectivity index (χ2v) is 23.8. The van der Waals surface area contributed by atoms with Gasteiger partial charge in [0.2, 0.25) is 0 Å². The number of esters is 3. The third-order valence-corrected chi connectivity index (χ3v) is 15.7. The van der Waals surface area contributed by atoms with E-state index < -0.39 is 6.10 Å². The van der Waals surface area contributed by atoms with Crippen LogP contribution in [0.4, 0.5) is 0 Å². The van der Waals surface area contributed by atoms with E-state index in [1.807, 2.05) is 0 Å². The van der Waals surface area contributed by atoms with Crippen LogP contribution >= 0.6 is 0 Å². The molecule has 0 aromatic heterocycles. The first kappa shape index (κ1) is 77.9. The molecule has 0 radical (unpaired) electrons. The zero-order valence-corrected chi connectivity index (χ0v) is 54.1. The summed E-state index contributed by atoms with van der Waals surface area (Å²) >= 11 is 0. The lowest BCUT2D eigenvalue weighted by Crippen LogP contribution is -2.30. The molecule has 0 aliphatic carbocycles. The zero-order chi connectivity index (χ0) is 58.5. The van der Waals surface area contributed by atoms with Gasteiger partial charge in [-0.05, 0) is 89.9 Å². The monoisotopic (exact) mass is 1130 g/mol. The molecule has 0 aliphatic rings. The fraction of sp³-hybridized carbons (Fsp3) is 0.800. The molecule has 0 fully saturated rings. The lowest BCUT2D eigenvalue weighted by molar-refractivity contribution is -0.167. The minimum absolute atomic E-state index is 0.0723. The van der Waals surface area contributed by atoms with Crippen molar-refractivity contribution in [3.63, 3.8) is 0 Å². The average Bonchev–Trinajstić information content (AvgIpc) is 3.46. The van der Waals surface area contributed by atoms with E-state index in [4.69, 9.17) is 14.2 Å². The summed E-state index contributed by atoms with van der Waals surface area (Å²) in [5, 5.41) is 0.